The molecule has 1 aliphatic rings. The predicted molar refractivity (Wildman–Crippen MR) is 100 cm³/mol. The van der Waals surface area contributed by atoms with Gasteiger partial charge in [0.1, 0.15) is 12.4 Å². The highest BCUT2D eigenvalue weighted by Gasteiger charge is 2.16. The van der Waals surface area contributed by atoms with Crippen molar-refractivity contribution in [3.63, 3.8) is 0 Å². The van der Waals surface area contributed by atoms with Gasteiger partial charge in [0.05, 0.1) is 11.7 Å². The fraction of sp³-hybridized carbons (Fsp3) is 0.286. The Morgan fingerprint density at radius 1 is 1.00 bits per heavy atom. The number of imide groups is 1. The molecule has 1 heterocycles. The van der Waals surface area contributed by atoms with Crippen molar-refractivity contribution in [3.05, 3.63) is 65.7 Å². The first-order valence-corrected chi connectivity index (χ1v) is 9.02. The number of carbonyl (C=O) groups is 3. The maximum atomic E-state index is 12.0. The Morgan fingerprint density at radius 2 is 1.75 bits per heavy atom. The average molecular weight is 383 g/mol. The molecule has 3 rings (SSSR count). The molecular formula is C21H21NO6. The molecule has 0 saturated carbocycles. The van der Waals surface area contributed by atoms with Crippen molar-refractivity contribution in [1.82, 2.24) is 5.32 Å². The normalized spacial score (nSPS) is 15.6. The summed E-state index contributed by atoms with van der Waals surface area (Å²) in [6.45, 7) is 0.692. The van der Waals surface area contributed by atoms with Crippen LogP contribution in [-0.2, 0) is 14.3 Å². The Kier molecular flexibility index (Phi) is 6.75. The van der Waals surface area contributed by atoms with E-state index in [0.717, 1.165) is 19.4 Å². The minimum Gasteiger partial charge on any atom is -0.491 e. The Bertz CT molecular complexity index is 813. The molecule has 2 aromatic rings. The van der Waals surface area contributed by atoms with Crippen LogP contribution in [0.15, 0.2) is 54.6 Å². The van der Waals surface area contributed by atoms with Crippen LogP contribution in [0.1, 0.15) is 33.6 Å². The fourth-order valence-corrected chi connectivity index (χ4v) is 2.69. The molecule has 0 spiro atoms. The first kappa shape index (κ1) is 19.6. The number of ether oxygens (including phenoxy) is 3. The number of carbonyl (C=O) groups excluding carboxylic acids is 3. The monoisotopic (exact) mass is 383 g/mol. The molecule has 1 fully saturated rings. The summed E-state index contributed by atoms with van der Waals surface area (Å²) in [6, 6.07) is 14.7. The van der Waals surface area contributed by atoms with E-state index in [1.165, 1.54) is 0 Å². The van der Waals surface area contributed by atoms with Gasteiger partial charge in [-0.2, -0.15) is 0 Å². The van der Waals surface area contributed by atoms with Crippen molar-refractivity contribution < 1.29 is 28.6 Å². The Hall–Kier alpha value is -3.19. The third-order valence-electron chi connectivity index (χ3n) is 4.17. The molecular weight excluding hydrogens is 362 g/mol. The largest absolute Gasteiger partial charge is 0.491 e. The third-order valence-corrected chi connectivity index (χ3v) is 4.17. The highest BCUT2D eigenvalue weighted by atomic mass is 16.5. The van der Waals surface area contributed by atoms with E-state index in [1.54, 1.807) is 54.6 Å². The first-order valence-electron chi connectivity index (χ1n) is 9.02. The molecule has 1 unspecified atom stereocenters. The SMILES string of the molecule is O=C(COC(=O)c1ccc(OCC2CCCO2)cc1)NC(=O)c1ccccc1. The summed E-state index contributed by atoms with van der Waals surface area (Å²) in [6.07, 6.45) is 2.14. The molecule has 7 nitrogen and oxygen atoms in total. The minimum atomic E-state index is -0.696. The van der Waals surface area contributed by atoms with E-state index in [2.05, 4.69) is 5.32 Å². The molecule has 1 saturated heterocycles. The molecule has 2 aromatic carbocycles. The van der Waals surface area contributed by atoms with Gasteiger partial charge in [-0.1, -0.05) is 18.2 Å². The van der Waals surface area contributed by atoms with Crippen LogP contribution in [0.25, 0.3) is 0 Å². The van der Waals surface area contributed by atoms with E-state index in [4.69, 9.17) is 14.2 Å². The van der Waals surface area contributed by atoms with Gasteiger partial charge in [0, 0.05) is 12.2 Å². The zero-order chi connectivity index (χ0) is 19.8. The van der Waals surface area contributed by atoms with Crippen molar-refractivity contribution >= 4 is 17.8 Å². The van der Waals surface area contributed by atoms with E-state index in [1.807, 2.05) is 0 Å². The van der Waals surface area contributed by atoms with Crippen molar-refractivity contribution in [2.75, 3.05) is 19.8 Å². The summed E-state index contributed by atoms with van der Waals surface area (Å²) in [5, 5.41) is 2.17. The highest BCUT2D eigenvalue weighted by Crippen LogP contribution is 2.17. The van der Waals surface area contributed by atoms with Crippen LogP contribution in [0.5, 0.6) is 5.75 Å². The number of amides is 2. The molecule has 1 aliphatic heterocycles. The maximum absolute atomic E-state index is 12.0. The second-order valence-corrected chi connectivity index (χ2v) is 6.29. The summed E-state index contributed by atoms with van der Waals surface area (Å²) in [7, 11) is 0. The van der Waals surface area contributed by atoms with Crippen molar-refractivity contribution in [2.45, 2.75) is 18.9 Å². The number of nitrogens with one attached hydrogen (secondary N) is 1. The zero-order valence-corrected chi connectivity index (χ0v) is 15.3. The highest BCUT2D eigenvalue weighted by molar-refractivity contribution is 6.05. The number of esters is 1. The number of hydrogen-bond donors (Lipinski definition) is 1. The van der Waals surface area contributed by atoms with Gasteiger partial charge in [-0.15, -0.1) is 0 Å². The van der Waals surface area contributed by atoms with Crippen LogP contribution in [-0.4, -0.2) is 43.7 Å². The first-order chi connectivity index (χ1) is 13.6. The standard InChI is InChI=1S/C21H21NO6/c23-19(22-20(24)15-5-2-1-3-6-15)14-28-21(25)16-8-10-17(11-9-16)27-13-18-7-4-12-26-18/h1-3,5-6,8-11,18H,4,7,12-14H2,(H,22,23,24). The van der Waals surface area contributed by atoms with Gasteiger partial charge in [-0.25, -0.2) is 4.79 Å². The van der Waals surface area contributed by atoms with E-state index >= 15 is 0 Å². The van der Waals surface area contributed by atoms with Crippen molar-refractivity contribution in [2.24, 2.45) is 0 Å². The lowest BCUT2D eigenvalue weighted by Crippen LogP contribution is -2.34. The van der Waals surface area contributed by atoms with Gasteiger partial charge in [0.2, 0.25) is 0 Å². The smallest absolute Gasteiger partial charge is 0.338 e. The topological polar surface area (TPSA) is 90.9 Å². The van der Waals surface area contributed by atoms with E-state index in [9.17, 15) is 14.4 Å². The summed E-state index contributed by atoms with van der Waals surface area (Å²) in [5.74, 6) is -1.28. The van der Waals surface area contributed by atoms with Gasteiger partial charge in [0.25, 0.3) is 11.8 Å². The Balaban J connectivity index is 1.42. The van der Waals surface area contributed by atoms with Crippen molar-refractivity contribution in [1.29, 1.82) is 0 Å². The maximum Gasteiger partial charge on any atom is 0.338 e. The lowest BCUT2D eigenvalue weighted by Gasteiger charge is -2.11. The second-order valence-electron chi connectivity index (χ2n) is 6.29. The van der Waals surface area contributed by atoms with Crippen LogP contribution in [0, 0.1) is 0 Å². The van der Waals surface area contributed by atoms with Crippen LogP contribution in [0.3, 0.4) is 0 Å². The van der Waals surface area contributed by atoms with Gasteiger partial charge >= 0.3 is 5.97 Å². The average Bonchev–Trinajstić information content (AvgIpc) is 3.25. The van der Waals surface area contributed by atoms with Gasteiger partial charge in [0.15, 0.2) is 6.61 Å². The molecule has 28 heavy (non-hydrogen) atoms. The lowest BCUT2D eigenvalue weighted by atomic mass is 10.2. The fourth-order valence-electron chi connectivity index (χ4n) is 2.69. The molecule has 1 atom stereocenters. The van der Waals surface area contributed by atoms with Crippen molar-refractivity contribution in [3.8, 4) is 5.75 Å². The van der Waals surface area contributed by atoms with E-state index < -0.39 is 24.4 Å². The summed E-state index contributed by atoms with van der Waals surface area (Å²) in [4.78, 5) is 35.7. The second kappa shape index (κ2) is 9.66. The van der Waals surface area contributed by atoms with Crippen LogP contribution < -0.4 is 10.1 Å². The van der Waals surface area contributed by atoms with Gasteiger partial charge < -0.3 is 14.2 Å². The van der Waals surface area contributed by atoms with E-state index in [0.29, 0.717) is 17.9 Å². The van der Waals surface area contributed by atoms with Crippen LogP contribution in [0.4, 0.5) is 0 Å². The molecule has 0 aromatic heterocycles. The number of rotatable bonds is 7. The Labute approximate surface area is 162 Å². The molecule has 1 N–H and O–H groups in total. The minimum absolute atomic E-state index is 0.113. The molecule has 2 amide bonds. The summed E-state index contributed by atoms with van der Waals surface area (Å²) in [5.41, 5.74) is 0.632. The molecule has 146 valence electrons. The van der Waals surface area contributed by atoms with Crippen LogP contribution >= 0.6 is 0 Å². The van der Waals surface area contributed by atoms with Gasteiger partial charge in [-0.05, 0) is 49.2 Å². The van der Waals surface area contributed by atoms with Crippen LogP contribution in [0.2, 0.25) is 0 Å². The predicted octanol–water partition coefficient (Wildman–Crippen LogP) is 2.36. The van der Waals surface area contributed by atoms with E-state index in [-0.39, 0.29) is 11.7 Å². The number of benzene rings is 2. The van der Waals surface area contributed by atoms with Gasteiger partial charge in [-0.3, -0.25) is 14.9 Å². The zero-order valence-electron chi connectivity index (χ0n) is 15.3. The third kappa shape index (κ3) is 5.65. The summed E-state index contributed by atoms with van der Waals surface area (Å²) < 4.78 is 16.1. The Morgan fingerprint density at radius 3 is 2.43 bits per heavy atom. The quantitative estimate of drug-likeness (QED) is 0.738. The molecule has 0 aliphatic carbocycles. The molecule has 7 heteroatoms. The lowest BCUT2D eigenvalue weighted by molar-refractivity contribution is -0.123. The number of hydrogen-bond acceptors (Lipinski definition) is 6. The molecule has 0 radical (unpaired) electrons. The summed E-state index contributed by atoms with van der Waals surface area (Å²) >= 11 is 0. The molecule has 0 bridgehead atoms.